The van der Waals surface area contributed by atoms with Crippen LogP contribution in [-0.2, 0) is 16.3 Å². The molecule has 0 saturated heterocycles. The highest BCUT2D eigenvalue weighted by molar-refractivity contribution is 5.32. The standard InChI is InChI=1S/C9H10NO4/c11-7-14-6-5-8-1-3-9(4-2-8)10(12)13/h1-4H,5-7H2. The lowest BCUT2D eigenvalue weighted by atomic mass is 10.1. The monoisotopic (exact) mass is 196 g/mol. The summed E-state index contributed by atoms with van der Waals surface area (Å²) >= 11 is 0. The van der Waals surface area contributed by atoms with Crippen LogP contribution in [0.3, 0.4) is 0 Å². The van der Waals surface area contributed by atoms with E-state index in [0.717, 1.165) is 5.56 Å². The van der Waals surface area contributed by atoms with Crippen molar-refractivity contribution in [2.45, 2.75) is 6.42 Å². The van der Waals surface area contributed by atoms with Crippen molar-refractivity contribution >= 4 is 5.69 Å². The molecule has 0 fully saturated rings. The molecule has 0 heterocycles. The summed E-state index contributed by atoms with van der Waals surface area (Å²) < 4.78 is 4.63. The van der Waals surface area contributed by atoms with Crippen LogP contribution in [0.2, 0.25) is 0 Å². The van der Waals surface area contributed by atoms with Gasteiger partial charge in [-0.25, -0.2) is 5.11 Å². The van der Waals surface area contributed by atoms with Crippen LogP contribution >= 0.6 is 0 Å². The van der Waals surface area contributed by atoms with Crippen molar-refractivity contribution in [1.82, 2.24) is 0 Å². The quantitative estimate of drug-likeness (QED) is 0.310. The first kappa shape index (κ1) is 10.6. The number of hydrogen-bond donors (Lipinski definition) is 0. The van der Waals surface area contributed by atoms with Crippen molar-refractivity contribution in [3.8, 4) is 0 Å². The first-order valence-corrected chi connectivity index (χ1v) is 4.13. The second-order valence-electron chi connectivity index (χ2n) is 2.70. The Morgan fingerprint density at radius 3 is 2.43 bits per heavy atom. The molecule has 1 rings (SSSR count). The zero-order valence-electron chi connectivity index (χ0n) is 7.51. The maximum atomic E-state index is 10.3. The SMILES string of the molecule is [O]COCCc1ccc([N+](=O)[O-])cc1. The lowest BCUT2D eigenvalue weighted by Crippen LogP contribution is -1.98. The average molecular weight is 196 g/mol. The van der Waals surface area contributed by atoms with Crippen LogP contribution in [0, 0.1) is 10.1 Å². The molecule has 0 atom stereocenters. The van der Waals surface area contributed by atoms with Gasteiger partial charge in [0.2, 0.25) is 0 Å². The van der Waals surface area contributed by atoms with Gasteiger partial charge in [-0.05, 0) is 12.0 Å². The summed E-state index contributed by atoms with van der Waals surface area (Å²) in [6, 6.07) is 6.19. The van der Waals surface area contributed by atoms with Gasteiger partial charge in [0.1, 0.15) is 0 Å². The molecule has 1 aromatic rings. The zero-order chi connectivity index (χ0) is 10.4. The van der Waals surface area contributed by atoms with Crippen molar-refractivity contribution in [2.24, 2.45) is 0 Å². The van der Waals surface area contributed by atoms with Crippen LogP contribution in [0.15, 0.2) is 24.3 Å². The zero-order valence-corrected chi connectivity index (χ0v) is 7.51. The van der Waals surface area contributed by atoms with E-state index in [1.165, 1.54) is 12.1 Å². The van der Waals surface area contributed by atoms with E-state index in [1.54, 1.807) is 12.1 Å². The molecule has 0 amide bonds. The summed E-state index contributed by atoms with van der Waals surface area (Å²) in [5.41, 5.74) is 0.988. The lowest BCUT2D eigenvalue weighted by Gasteiger charge is -1.99. The van der Waals surface area contributed by atoms with Crippen molar-refractivity contribution in [3.63, 3.8) is 0 Å². The molecule has 1 aromatic carbocycles. The molecule has 5 nitrogen and oxygen atoms in total. The van der Waals surface area contributed by atoms with Crippen LogP contribution in [0.5, 0.6) is 0 Å². The molecule has 0 saturated carbocycles. The molecule has 0 aromatic heterocycles. The van der Waals surface area contributed by atoms with Gasteiger partial charge in [-0.1, -0.05) is 12.1 Å². The van der Waals surface area contributed by atoms with E-state index in [0.29, 0.717) is 13.0 Å². The fourth-order valence-corrected chi connectivity index (χ4v) is 1.03. The predicted octanol–water partition coefficient (Wildman–Crippen LogP) is 1.54. The minimum atomic E-state index is -0.549. The number of rotatable bonds is 5. The van der Waals surface area contributed by atoms with Gasteiger partial charge in [0, 0.05) is 12.1 Å². The third-order valence-corrected chi connectivity index (χ3v) is 1.77. The number of benzene rings is 1. The molecular formula is C9H10NO4. The molecule has 0 aliphatic heterocycles. The van der Waals surface area contributed by atoms with Crippen molar-refractivity contribution < 1.29 is 14.8 Å². The summed E-state index contributed by atoms with van der Waals surface area (Å²) in [5, 5.41) is 20.3. The Kier molecular flexibility index (Phi) is 4.03. The molecule has 14 heavy (non-hydrogen) atoms. The molecule has 0 unspecified atom stereocenters. The average Bonchev–Trinajstić information content (AvgIpc) is 2.19. The Hall–Kier alpha value is -1.46. The van der Waals surface area contributed by atoms with Gasteiger partial charge in [-0.2, -0.15) is 0 Å². The molecular weight excluding hydrogens is 186 g/mol. The van der Waals surface area contributed by atoms with Crippen LogP contribution in [0.1, 0.15) is 5.56 Å². The van der Waals surface area contributed by atoms with E-state index in [4.69, 9.17) is 0 Å². The van der Waals surface area contributed by atoms with E-state index in [1.807, 2.05) is 0 Å². The Labute approximate surface area is 81.1 Å². The van der Waals surface area contributed by atoms with Crippen molar-refractivity contribution in [1.29, 1.82) is 0 Å². The normalized spacial score (nSPS) is 10.1. The van der Waals surface area contributed by atoms with Gasteiger partial charge in [-0.15, -0.1) is 0 Å². The number of nitro groups is 1. The van der Waals surface area contributed by atoms with Crippen LogP contribution in [0.25, 0.3) is 0 Å². The number of hydrogen-bond acceptors (Lipinski definition) is 3. The summed E-state index contributed by atoms with van der Waals surface area (Å²) in [4.78, 5) is 9.87. The number of non-ortho nitro benzene ring substituents is 1. The Balaban J connectivity index is 2.51. The van der Waals surface area contributed by atoms with Crippen LogP contribution in [-0.4, -0.2) is 18.3 Å². The fraction of sp³-hybridized carbons (Fsp3) is 0.333. The van der Waals surface area contributed by atoms with Gasteiger partial charge in [0.05, 0.1) is 11.5 Å². The molecule has 5 heteroatoms. The molecule has 0 aliphatic rings. The predicted molar refractivity (Wildman–Crippen MR) is 48.3 cm³/mol. The number of ether oxygens (including phenoxy) is 1. The molecule has 0 N–H and O–H groups in total. The largest absolute Gasteiger partial charge is 0.352 e. The topological polar surface area (TPSA) is 72.3 Å². The highest BCUT2D eigenvalue weighted by Crippen LogP contribution is 2.12. The highest BCUT2D eigenvalue weighted by atomic mass is 16.6. The number of nitro benzene ring substituents is 1. The third-order valence-electron chi connectivity index (χ3n) is 1.77. The van der Waals surface area contributed by atoms with Gasteiger partial charge in [-0.3, -0.25) is 10.1 Å². The van der Waals surface area contributed by atoms with Gasteiger partial charge >= 0.3 is 0 Å². The molecule has 0 aliphatic carbocycles. The van der Waals surface area contributed by atoms with Gasteiger partial charge in [0.15, 0.2) is 6.79 Å². The second kappa shape index (κ2) is 5.31. The minimum absolute atomic E-state index is 0.0680. The fourth-order valence-electron chi connectivity index (χ4n) is 1.03. The summed E-state index contributed by atoms with van der Waals surface area (Å²) in [7, 11) is 0. The Bertz CT molecular complexity index is 296. The van der Waals surface area contributed by atoms with E-state index < -0.39 is 11.7 Å². The molecule has 75 valence electrons. The Morgan fingerprint density at radius 1 is 1.29 bits per heavy atom. The van der Waals surface area contributed by atoms with Gasteiger partial charge in [0.25, 0.3) is 5.69 Å². The van der Waals surface area contributed by atoms with Crippen molar-refractivity contribution in [2.75, 3.05) is 13.4 Å². The summed E-state index contributed by atoms with van der Waals surface area (Å²) in [6.45, 7) is -0.200. The van der Waals surface area contributed by atoms with Gasteiger partial charge < -0.3 is 4.74 Å². The maximum absolute atomic E-state index is 10.3. The number of nitrogens with zero attached hydrogens (tertiary/aromatic N) is 1. The Morgan fingerprint density at radius 2 is 1.93 bits per heavy atom. The third kappa shape index (κ3) is 3.12. The van der Waals surface area contributed by atoms with E-state index in [2.05, 4.69) is 4.74 Å². The first-order valence-electron chi connectivity index (χ1n) is 4.13. The summed E-state index contributed by atoms with van der Waals surface area (Å²) in [5.74, 6) is 0. The minimum Gasteiger partial charge on any atom is -0.352 e. The van der Waals surface area contributed by atoms with Crippen molar-refractivity contribution in [3.05, 3.63) is 39.9 Å². The molecule has 0 spiro atoms. The van der Waals surface area contributed by atoms with E-state index in [-0.39, 0.29) is 5.69 Å². The highest BCUT2D eigenvalue weighted by Gasteiger charge is 2.03. The molecule has 0 bridgehead atoms. The van der Waals surface area contributed by atoms with Crippen LogP contribution in [0.4, 0.5) is 5.69 Å². The summed E-state index contributed by atoms with van der Waals surface area (Å²) in [6.07, 6.45) is 0.597. The van der Waals surface area contributed by atoms with E-state index in [9.17, 15) is 15.2 Å². The maximum Gasteiger partial charge on any atom is 0.269 e. The lowest BCUT2D eigenvalue weighted by molar-refractivity contribution is -0.384. The van der Waals surface area contributed by atoms with E-state index >= 15 is 0 Å². The van der Waals surface area contributed by atoms with Crippen LogP contribution < -0.4 is 0 Å². The first-order chi connectivity index (χ1) is 6.74. The smallest absolute Gasteiger partial charge is 0.269 e. The second-order valence-corrected chi connectivity index (χ2v) is 2.70. The molecule has 1 radical (unpaired) electrons.